The van der Waals surface area contributed by atoms with Crippen LogP contribution in [0.4, 0.5) is 14.3 Å². The fourth-order valence-corrected chi connectivity index (χ4v) is 7.13. The van der Waals surface area contributed by atoms with Crippen LogP contribution in [0.3, 0.4) is 0 Å². The van der Waals surface area contributed by atoms with Crippen LogP contribution in [0.5, 0.6) is 5.75 Å². The third kappa shape index (κ3) is 7.12. The molecule has 3 aromatic carbocycles. The van der Waals surface area contributed by atoms with E-state index in [-0.39, 0.29) is 56.0 Å². The molecule has 47 heavy (non-hydrogen) atoms. The van der Waals surface area contributed by atoms with Crippen LogP contribution in [-0.4, -0.2) is 89.7 Å². The van der Waals surface area contributed by atoms with Gasteiger partial charge < -0.3 is 11.1 Å². The van der Waals surface area contributed by atoms with Gasteiger partial charge in [0.15, 0.2) is 5.13 Å². The van der Waals surface area contributed by atoms with Crippen LogP contribution in [0.25, 0.3) is 10.2 Å². The van der Waals surface area contributed by atoms with Crippen LogP contribution in [0, 0.1) is 5.82 Å². The Morgan fingerprint density at radius 2 is 1.81 bits per heavy atom. The zero-order valence-electron chi connectivity index (χ0n) is 25.1. The van der Waals surface area contributed by atoms with Crippen molar-refractivity contribution >= 4 is 52.7 Å². The second kappa shape index (κ2) is 13.0. The molecule has 2 aliphatic heterocycles. The standard InChI is InChI=1S/C30H33FN7O7PS/c1-35(30(41)33-14-19-5-9-21(31)10-6-19)37-17-26(39)38-23(13-18-7-11-22(12-8-18)45-46(42,43)44)28(40)36(16-25(37)38)15-20-3-2-4-24-27(20)34-29(32)47-24/h2-12,23,25,42-44,46H,13-17H2,1H3,(H2,32,34)(H,33,41)/t23-,25+/m1/s1. The van der Waals surface area contributed by atoms with Crippen molar-refractivity contribution in [3.8, 4) is 5.75 Å². The Bertz CT molecular complexity index is 1810. The summed E-state index contributed by atoms with van der Waals surface area (Å²) in [6.07, 6.45) is -0.571. The maximum absolute atomic E-state index is 14.1. The van der Waals surface area contributed by atoms with Crippen LogP contribution in [0.2, 0.25) is 0 Å². The number of nitrogen functional groups attached to an aromatic ring is 1. The molecule has 0 radical (unpaired) electrons. The van der Waals surface area contributed by atoms with Gasteiger partial charge in [-0.25, -0.2) is 14.2 Å². The number of carbonyl (C=O) groups excluding carboxylic acids is 3. The molecule has 0 unspecified atom stereocenters. The van der Waals surface area contributed by atoms with Gasteiger partial charge in [-0.15, -0.1) is 0 Å². The summed E-state index contributed by atoms with van der Waals surface area (Å²) in [5, 5.41) is 6.12. The van der Waals surface area contributed by atoms with E-state index < -0.39 is 26.4 Å². The molecule has 248 valence electrons. The van der Waals surface area contributed by atoms with Crippen molar-refractivity contribution in [1.82, 2.24) is 30.1 Å². The van der Waals surface area contributed by atoms with E-state index in [2.05, 4.69) is 10.3 Å². The molecule has 4 amide bonds. The first kappa shape index (κ1) is 32.5. The summed E-state index contributed by atoms with van der Waals surface area (Å²) in [6.45, 7) is 0.283. The van der Waals surface area contributed by atoms with E-state index in [4.69, 9.17) is 10.3 Å². The van der Waals surface area contributed by atoms with Gasteiger partial charge in [-0.2, -0.15) is 0 Å². The van der Waals surface area contributed by atoms with Gasteiger partial charge >= 0.3 is 173 Å². The number of thiazole rings is 1. The quantitative estimate of drug-likeness (QED) is 0.163. The summed E-state index contributed by atoms with van der Waals surface area (Å²) in [5.74, 6) is -0.999. The monoisotopic (exact) mass is 685 g/mol. The number of para-hydroxylation sites is 1. The molecule has 4 aromatic rings. The first-order valence-electron chi connectivity index (χ1n) is 14.6. The predicted molar refractivity (Wildman–Crippen MR) is 173 cm³/mol. The van der Waals surface area contributed by atoms with Crippen molar-refractivity contribution in [3.05, 3.63) is 89.2 Å². The Balaban J connectivity index is 1.27. The number of hydrogen-bond donors (Lipinski definition) is 5. The van der Waals surface area contributed by atoms with E-state index >= 15 is 0 Å². The molecule has 0 aliphatic carbocycles. The fraction of sp³-hybridized carbons (Fsp3) is 0.267. The molecule has 14 nitrogen and oxygen atoms in total. The number of nitrogens with zero attached hydrogens (tertiary/aromatic N) is 5. The molecule has 2 atom stereocenters. The molecule has 0 spiro atoms. The van der Waals surface area contributed by atoms with Gasteiger partial charge in [-0.3, -0.25) is 0 Å². The zero-order chi connectivity index (χ0) is 33.5. The van der Waals surface area contributed by atoms with Crippen LogP contribution in [0.15, 0.2) is 66.7 Å². The van der Waals surface area contributed by atoms with Gasteiger partial charge in [0.1, 0.15) is 5.82 Å². The first-order chi connectivity index (χ1) is 22.4. The fourth-order valence-electron chi connectivity index (χ4n) is 5.89. The number of piperazine rings is 1. The van der Waals surface area contributed by atoms with E-state index in [1.807, 2.05) is 18.2 Å². The third-order valence-electron chi connectivity index (χ3n) is 8.09. The molecule has 6 N–H and O–H groups in total. The summed E-state index contributed by atoms with van der Waals surface area (Å²) in [7, 11) is -3.26. The molecule has 2 saturated heterocycles. The number of aromatic nitrogens is 1. The number of carbonyl (C=O) groups is 3. The number of hydrogen-bond acceptors (Lipinski definition) is 11. The van der Waals surface area contributed by atoms with Crippen molar-refractivity contribution in [3.63, 3.8) is 0 Å². The summed E-state index contributed by atoms with van der Waals surface area (Å²) >= 11 is 1.34. The maximum atomic E-state index is 14.1. The van der Waals surface area contributed by atoms with Gasteiger partial charge in [-0.1, -0.05) is 29.5 Å². The number of urea groups is 1. The van der Waals surface area contributed by atoms with Crippen LogP contribution >= 0.6 is 19.5 Å². The van der Waals surface area contributed by atoms with Crippen molar-refractivity contribution in [2.24, 2.45) is 0 Å². The van der Waals surface area contributed by atoms with Gasteiger partial charge in [0.2, 0.25) is 0 Å². The number of benzene rings is 3. The Kier molecular flexibility index (Phi) is 8.98. The molecule has 17 heteroatoms. The van der Waals surface area contributed by atoms with E-state index in [0.29, 0.717) is 21.8 Å². The molecular weight excluding hydrogens is 652 g/mol. The predicted octanol–water partition coefficient (Wildman–Crippen LogP) is 1.96. The minimum atomic E-state index is -4.80. The minimum absolute atomic E-state index is 0.0229. The van der Waals surface area contributed by atoms with E-state index in [9.17, 15) is 33.5 Å². The SMILES string of the molecule is CN(C(=O)NCc1ccc(F)cc1)N1CC(=O)N2[C@H](Cc3ccc(O[PH](O)(O)O)cc3)C(=O)N(Cc3cccc4sc(N)nc34)C[C@H]21. The number of halogens is 1. The Labute approximate surface area is 273 Å². The summed E-state index contributed by atoms with van der Waals surface area (Å²) in [4.78, 5) is 76.4. The molecule has 1 aromatic heterocycles. The summed E-state index contributed by atoms with van der Waals surface area (Å²) < 4.78 is 19.0. The molecule has 0 bridgehead atoms. The van der Waals surface area contributed by atoms with Crippen molar-refractivity contribution < 1.29 is 38.0 Å². The zero-order valence-corrected chi connectivity index (χ0v) is 26.9. The van der Waals surface area contributed by atoms with Gasteiger partial charge in [0, 0.05) is 6.54 Å². The van der Waals surface area contributed by atoms with Crippen LogP contribution < -0.4 is 15.6 Å². The number of fused-ring (bicyclic) bond motifs is 2. The number of hydrazine groups is 1. The van der Waals surface area contributed by atoms with Crippen molar-refractivity contribution in [2.75, 3.05) is 25.9 Å². The number of anilines is 1. The molecule has 0 saturated carbocycles. The molecular formula is C30H33FN7O7PS. The van der Waals surface area contributed by atoms with Crippen molar-refractivity contribution in [2.45, 2.75) is 31.7 Å². The van der Waals surface area contributed by atoms with Crippen molar-refractivity contribution in [1.29, 1.82) is 0 Å². The molecule has 6 rings (SSSR count). The van der Waals surface area contributed by atoms with E-state index in [1.165, 1.54) is 52.6 Å². The molecule has 2 aliphatic rings. The van der Waals surface area contributed by atoms with Gasteiger partial charge in [-0.05, 0) is 23.8 Å². The Hall–Kier alpha value is -4.44. The van der Waals surface area contributed by atoms with Crippen LogP contribution in [0.1, 0.15) is 16.7 Å². The van der Waals surface area contributed by atoms with E-state index in [1.54, 1.807) is 34.2 Å². The molecule has 2 fully saturated rings. The second-order valence-corrected chi connectivity index (χ2v) is 13.7. The number of rotatable bonds is 9. The number of nitrogens with one attached hydrogen (secondary N) is 1. The Morgan fingerprint density at radius 3 is 2.51 bits per heavy atom. The molecule has 3 heterocycles. The topological polar surface area (TPSA) is 185 Å². The Morgan fingerprint density at radius 1 is 1.11 bits per heavy atom. The first-order valence-corrected chi connectivity index (χ1v) is 17.1. The van der Waals surface area contributed by atoms with Gasteiger partial charge in [0.05, 0.1) is 4.70 Å². The normalized spacial score (nSPS) is 18.8. The number of amides is 4. The second-order valence-electron chi connectivity index (χ2n) is 11.3. The van der Waals surface area contributed by atoms with Gasteiger partial charge in [0.25, 0.3) is 0 Å². The summed E-state index contributed by atoms with van der Waals surface area (Å²) in [6, 6.07) is 16.0. The number of nitrogens with two attached hydrogens (primary N) is 1. The third-order valence-corrected chi connectivity index (χ3v) is 9.45. The average molecular weight is 686 g/mol. The van der Waals surface area contributed by atoms with Crippen LogP contribution in [-0.2, 0) is 29.1 Å². The van der Waals surface area contributed by atoms with E-state index in [0.717, 1.165) is 10.3 Å². The summed E-state index contributed by atoms with van der Waals surface area (Å²) in [5.41, 5.74) is 8.78. The average Bonchev–Trinajstić information content (AvgIpc) is 3.57.